The van der Waals surface area contributed by atoms with Crippen molar-refractivity contribution < 1.29 is 0 Å². The van der Waals surface area contributed by atoms with Gasteiger partial charge < -0.3 is 4.90 Å². The van der Waals surface area contributed by atoms with Crippen LogP contribution in [-0.4, -0.2) is 34.1 Å². The van der Waals surface area contributed by atoms with E-state index in [-0.39, 0.29) is 9.52 Å². The number of hydrogen-bond donors (Lipinski definition) is 0. The molecule has 1 nitrogen and oxygen atoms in total. The fourth-order valence-corrected chi connectivity index (χ4v) is 3.45. The molecule has 0 spiro atoms. The number of rotatable bonds is 9. The smallest absolute Gasteiger partial charge is 0.0453 e. The Morgan fingerprint density at radius 1 is 1.06 bits per heavy atom. The molecule has 0 bridgehead atoms. The molecule has 17 heavy (non-hydrogen) atoms. The van der Waals surface area contributed by atoms with Crippen LogP contribution in [0, 0.1) is 11.8 Å². The van der Waals surface area contributed by atoms with Crippen molar-refractivity contribution in [2.45, 2.75) is 54.0 Å². The average molecular weight is 256 g/mol. The molecule has 0 N–H and O–H groups in total. The summed E-state index contributed by atoms with van der Waals surface area (Å²) in [6, 6.07) is 1.47. The third-order valence-electron chi connectivity index (χ3n) is 2.73. The maximum atomic E-state index is 2.66. The second-order valence-corrected chi connectivity index (χ2v) is 8.02. The molecule has 0 saturated heterocycles. The Bertz CT molecular complexity index is 195. The lowest BCUT2D eigenvalue weighted by Crippen LogP contribution is -2.32. The van der Waals surface area contributed by atoms with Gasteiger partial charge in [-0.05, 0) is 38.6 Å². The lowest BCUT2D eigenvalue weighted by Gasteiger charge is -2.25. The highest BCUT2D eigenvalue weighted by Crippen LogP contribution is 2.06. The summed E-state index contributed by atoms with van der Waals surface area (Å²) in [6.07, 6.45) is 1.40. The zero-order valence-electron chi connectivity index (χ0n) is 12.9. The van der Waals surface area contributed by atoms with Crippen molar-refractivity contribution in [1.29, 1.82) is 0 Å². The Morgan fingerprint density at radius 2 is 1.59 bits per heavy atom. The van der Waals surface area contributed by atoms with Gasteiger partial charge in [0.1, 0.15) is 0 Å². The van der Waals surface area contributed by atoms with Crippen LogP contribution in [0.2, 0.25) is 6.04 Å². The minimum absolute atomic E-state index is 0.0781. The van der Waals surface area contributed by atoms with E-state index in [1.165, 1.54) is 37.7 Å². The summed E-state index contributed by atoms with van der Waals surface area (Å²) in [5, 5.41) is 0. The van der Waals surface area contributed by atoms with Gasteiger partial charge in [0.2, 0.25) is 0 Å². The molecule has 0 saturated carbocycles. The van der Waals surface area contributed by atoms with E-state index < -0.39 is 0 Å². The number of hydrogen-bond acceptors (Lipinski definition) is 1. The fourth-order valence-electron chi connectivity index (χ4n) is 2.16. The van der Waals surface area contributed by atoms with Gasteiger partial charge in [-0.2, -0.15) is 0 Å². The SMILES string of the molecule is CC(C)=C[SiH2]CCCN(CC(C)C)CC(C)C. The van der Waals surface area contributed by atoms with Crippen LogP contribution in [0.1, 0.15) is 48.0 Å². The first-order chi connectivity index (χ1) is 7.91. The summed E-state index contributed by atoms with van der Waals surface area (Å²) in [5.41, 5.74) is 4.01. The highest BCUT2D eigenvalue weighted by Gasteiger charge is 2.08. The van der Waals surface area contributed by atoms with E-state index in [9.17, 15) is 0 Å². The Hall–Kier alpha value is -0.0831. The predicted octanol–water partition coefficient (Wildman–Crippen LogP) is 3.50. The standard InChI is InChI=1S/C15H33NSi/c1-13(2)10-16(11-14(3)4)8-7-9-17-12-15(5)6/h12-14H,7-11,17H2,1-6H3. The van der Waals surface area contributed by atoms with Crippen LogP contribution in [-0.2, 0) is 0 Å². The lowest BCUT2D eigenvalue weighted by molar-refractivity contribution is 0.220. The van der Waals surface area contributed by atoms with E-state index in [1.807, 2.05) is 0 Å². The van der Waals surface area contributed by atoms with Crippen molar-refractivity contribution in [2.75, 3.05) is 19.6 Å². The molecule has 0 aliphatic heterocycles. The Labute approximate surface area is 111 Å². The monoisotopic (exact) mass is 255 g/mol. The summed E-state index contributed by atoms with van der Waals surface area (Å²) in [4.78, 5) is 2.66. The van der Waals surface area contributed by atoms with Crippen molar-refractivity contribution >= 4 is 9.52 Å². The minimum atomic E-state index is 0.0781. The Balaban J connectivity index is 3.79. The van der Waals surface area contributed by atoms with Gasteiger partial charge in [-0.25, -0.2) is 0 Å². The molecule has 0 aliphatic rings. The fraction of sp³-hybridized carbons (Fsp3) is 0.867. The van der Waals surface area contributed by atoms with E-state index in [4.69, 9.17) is 0 Å². The molecule has 0 amide bonds. The van der Waals surface area contributed by atoms with Crippen molar-refractivity contribution in [3.05, 3.63) is 11.3 Å². The van der Waals surface area contributed by atoms with Crippen LogP contribution < -0.4 is 0 Å². The maximum absolute atomic E-state index is 2.66. The second kappa shape index (κ2) is 9.90. The van der Waals surface area contributed by atoms with Gasteiger partial charge in [0.25, 0.3) is 0 Å². The molecule has 102 valence electrons. The third-order valence-corrected chi connectivity index (χ3v) is 4.74. The molecule has 0 aromatic rings. The summed E-state index contributed by atoms with van der Waals surface area (Å²) in [5.74, 6) is 1.59. The number of allylic oxidation sites excluding steroid dienone is 1. The third kappa shape index (κ3) is 12.2. The largest absolute Gasteiger partial charge is 0.303 e. The van der Waals surface area contributed by atoms with Crippen molar-refractivity contribution in [3.8, 4) is 0 Å². The van der Waals surface area contributed by atoms with Gasteiger partial charge in [-0.15, -0.1) is 5.70 Å². The highest BCUT2D eigenvalue weighted by atomic mass is 28.2. The molecule has 0 aliphatic carbocycles. The molecular weight excluding hydrogens is 222 g/mol. The van der Waals surface area contributed by atoms with Crippen LogP contribution in [0.3, 0.4) is 0 Å². The van der Waals surface area contributed by atoms with Crippen LogP contribution in [0.15, 0.2) is 11.3 Å². The maximum Gasteiger partial charge on any atom is 0.0453 e. The molecule has 0 radical (unpaired) electrons. The van der Waals surface area contributed by atoms with Crippen molar-refractivity contribution in [3.63, 3.8) is 0 Å². The molecule has 0 aromatic heterocycles. The van der Waals surface area contributed by atoms with Gasteiger partial charge in [0.15, 0.2) is 0 Å². The Morgan fingerprint density at radius 3 is 2.00 bits per heavy atom. The summed E-state index contributed by atoms with van der Waals surface area (Å²) >= 11 is 0. The minimum Gasteiger partial charge on any atom is -0.303 e. The van der Waals surface area contributed by atoms with Crippen LogP contribution in [0.4, 0.5) is 0 Å². The summed E-state index contributed by atoms with van der Waals surface area (Å²) in [6.45, 7) is 17.6. The highest BCUT2D eigenvalue weighted by molar-refractivity contribution is 6.42. The first-order valence-electron chi connectivity index (χ1n) is 7.27. The molecule has 0 atom stereocenters. The molecule has 0 heterocycles. The van der Waals surface area contributed by atoms with E-state index >= 15 is 0 Å². The van der Waals surface area contributed by atoms with E-state index in [2.05, 4.69) is 52.1 Å². The zero-order valence-corrected chi connectivity index (χ0v) is 14.3. The van der Waals surface area contributed by atoms with Gasteiger partial charge in [-0.1, -0.05) is 39.3 Å². The van der Waals surface area contributed by atoms with Gasteiger partial charge in [0, 0.05) is 22.6 Å². The second-order valence-electron chi connectivity index (χ2n) is 6.32. The van der Waals surface area contributed by atoms with Crippen LogP contribution in [0.25, 0.3) is 0 Å². The van der Waals surface area contributed by atoms with Crippen molar-refractivity contribution in [2.24, 2.45) is 11.8 Å². The van der Waals surface area contributed by atoms with E-state index in [0.717, 1.165) is 11.8 Å². The molecule has 2 heteroatoms. The van der Waals surface area contributed by atoms with Crippen LogP contribution in [0.5, 0.6) is 0 Å². The summed E-state index contributed by atoms with van der Waals surface area (Å²) in [7, 11) is 0.0781. The molecule has 0 rings (SSSR count). The zero-order chi connectivity index (χ0) is 13.3. The van der Waals surface area contributed by atoms with E-state index in [0.29, 0.717) is 0 Å². The summed E-state index contributed by atoms with van der Waals surface area (Å²) < 4.78 is 0. The first-order valence-corrected chi connectivity index (χ1v) is 9.09. The lowest BCUT2D eigenvalue weighted by atomic mass is 10.1. The van der Waals surface area contributed by atoms with Gasteiger partial charge in [-0.3, -0.25) is 0 Å². The quantitative estimate of drug-likeness (QED) is 0.450. The van der Waals surface area contributed by atoms with Gasteiger partial charge in [0.05, 0.1) is 0 Å². The molecular formula is C15H33NSi. The van der Waals surface area contributed by atoms with E-state index in [1.54, 1.807) is 0 Å². The molecule has 0 aromatic carbocycles. The topological polar surface area (TPSA) is 3.24 Å². The predicted molar refractivity (Wildman–Crippen MR) is 83.5 cm³/mol. The molecule has 0 unspecified atom stereocenters. The van der Waals surface area contributed by atoms with Crippen molar-refractivity contribution in [1.82, 2.24) is 4.90 Å². The normalized spacial score (nSPS) is 12.3. The Kier molecular flexibility index (Phi) is 9.85. The van der Waals surface area contributed by atoms with Crippen LogP contribution >= 0.6 is 0 Å². The number of nitrogens with zero attached hydrogens (tertiary/aromatic N) is 1. The first kappa shape index (κ1) is 16.9. The molecule has 0 fully saturated rings. The average Bonchev–Trinajstić information content (AvgIpc) is 2.14. The van der Waals surface area contributed by atoms with Gasteiger partial charge >= 0.3 is 0 Å².